The number of para-hydroxylation sites is 1. The summed E-state index contributed by atoms with van der Waals surface area (Å²) in [5.41, 5.74) is 2.12. The van der Waals surface area contributed by atoms with E-state index in [4.69, 9.17) is 9.47 Å². The molecular weight excluding hydrogens is 304 g/mol. The van der Waals surface area contributed by atoms with Gasteiger partial charge in [-0.1, -0.05) is 24.3 Å². The van der Waals surface area contributed by atoms with Crippen LogP contribution in [0.25, 0.3) is 0 Å². The van der Waals surface area contributed by atoms with Crippen molar-refractivity contribution in [3.8, 4) is 11.5 Å². The summed E-state index contributed by atoms with van der Waals surface area (Å²) in [5.74, 6) is 1.39. The third kappa shape index (κ3) is 2.12. The van der Waals surface area contributed by atoms with Crippen molar-refractivity contribution in [2.45, 2.75) is 32.0 Å². The van der Waals surface area contributed by atoms with Crippen molar-refractivity contribution in [1.82, 2.24) is 5.32 Å². The van der Waals surface area contributed by atoms with Crippen LogP contribution in [0.1, 0.15) is 30.5 Å². The summed E-state index contributed by atoms with van der Waals surface area (Å²) in [6, 6.07) is 13.4. The zero-order valence-corrected chi connectivity index (χ0v) is 14.0. The Morgan fingerprint density at radius 3 is 2.83 bits per heavy atom. The number of fused-ring (bicyclic) bond motifs is 4. The molecule has 0 saturated carbocycles. The highest BCUT2D eigenvalue weighted by Crippen LogP contribution is 2.48. The second-order valence-electron chi connectivity index (χ2n) is 6.54. The van der Waals surface area contributed by atoms with E-state index in [1.807, 2.05) is 56.3 Å². The van der Waals surface area contributed by atoms with Crippen molar-refractivity contribution in [2.24, 2.45) is 0 Å². The van der Waals surface area contributed by atoms with Gasteiger partial charge in [0, 0.05) is 17.7 Å². The van der Waals surface area contributed by atoms with Gasteiger partial charge < -0.3 is 14.8 Å². The van der Waals surface area contributed by atoms with E-state index in [0.29, 0.717) is 17.9 Å². The maximum absolute atomic E-state index is 12.8. The number of carbonyl (C=O) groups is 1. The molecule has 2 aliphatic heterocycles. The average Bonchev–Trinajstić information content (AvgIpc) is 2.53. The summed E-state index contributed by atoms with van der Waals surface area (Å²) in [7, 11) is 1.63. The number of benzene rings is 2. The van der Waals surface area contributed by atoms with Crippen LogP contribution in [0.3, 0.4) is 0 Å². The SMILES string of the molecule is COc1cccc2c1O[C@]1(C)C[C@H]2NC(=O)N1c1cccc(C)c1. The predicted molar refractivity (Wildman–Crippen MR) is 91.6 cm³/mol. The third-order valence-electron chi connectivity index (χ3n) is 4.74. The molecule has 1 fully saturated rings. The zero-order valence-electron chi connectivity index (χ0n) is 14.0. The Morgan fingerprint density at radius 1 is 1.29 bits per heavy atom. The summed E-state index contributed by atoms with van der Waals surface area (Å²) < 4.78 is 11.8. The molecule has 1 N–H and O–H groups in total. The van der Waals surface area contributed by atoms with Gasteiger partial charge in [-0.05, 0) is 37.6 Å². The lowest BCUT2D eigenvalue weighted by molar-refractivity contribution is 0.0349. The Kier molecular flexibility index (Phi) is 3.20. The number of aryl methyl sites for hydroxylation is 1. The van der Waals surface area contributed by atoms with Gasteiger partial charge in [-0.15, -0.1) is 0 Å². The highest BCUT2D eigenvalue weighted by atomic mass is 16.5. The summed E-state index contributed by atoms with van der Waals surface area (Å²) >= 11 is 0. The van der Waals surface area contributed by atoms with Crippen molar-refractivity contribution in [1.29, 1.82) is 0 Å². The standard InChI is InChI=1S/C19H20N2O3/c1-12-6-4-7-13(10-12)21-18(22)20-15-11-19(21,2)24-17-14(15)8-5-9-16(17)23-3/h4-10,15H,11H2,1-3H3,(H,20,22)/t15-,19-/m1/s1. The van der Waals surface area contributed by atoms with Crippen LogP contribution in [0.4, 0.5) is 10.5 Å². The lowest BCUT2D eigenvalue weighted by Crippen LogP contribution is -2.65. The van der Waals surface area contributed by atoms with Gasteiger partial charge in [-0.2, -0.15) is 0 Å². The molecule has 2 aliphatic rings. The molecule has 2 aromatic rings. The molecule has 2 heterocycles. The fraction of sp³-hybridized carbons (Fsp3) is 0.316. The Balaban J connectivity index is 1.83. The van der Waals surface area contributed by atoms with Crippen LogP contribution >= 0.6 is 0 Å². The van der Waals surface area contributed by atoms with E-state index in [1.54, 1.807) is 12.0 Å². The fourth-order valence-corrected chi connectivity index (χ4v) is 3.68. The zero-order chi connectivity index (χ0) is 16.9. The van der Waals surface area contributed by atoms with Gasteiger partial charge in [-0.3, -0.25) is 4.90 Å². The molecule has 5 heteroatoms. The van der Waals surface area contributed by atoms with Gasteiger partial charge in [0.2, 0.25) is 0 Å². The van der Waals surface area contributed by atoms with Gasteiger partial charge >= 0.3 is 6.03 Å². The number of hydrogen-bond acceptors (Lipinski definition) is 3. The van der Waals surface area contributed by atoms with Gasteiger partial charge in [0.15, 0.2) is 17.2 Å². The number of urea groups is 1. The molecule has 0 spiro atoms. The number of hydrogen-bond donors (Lipinski definition) is 1. The first-order chi connectivity index (χ1) is 11.5. The van der Waals surface area contributed by atoms with Crippen LogP contribution in [0, 0.1) is 6.92 Å². The molecule has 2 bridgehead atoms. The first-order valence-corrected chi connectivity index (χ1v) is 8.05. The molecule has 4 rings (SSSR count). The summed E-state index contributed by atoms with van der Waals surface area (Å²) in [6.07, 6.45) is 0.673. The highest BCUT2D eigenvalue weighted by Gasteiger charge is 2.50. The van der Waals surface area contributed by atoms with E-state index >= 15 is 0 Å². The summed E-state index contributed by atoms with van der Waals surface area (Å²) in [4.78, 5) is 14.5. The van der Waals surface area contributed by atoms with E-state index in [-0.39, 0.29) is 12.1 Å². The van der Waals surface area contributed by atoms with Crippen LogP contribution in [-0.4, -0.2) is 18.9 Å². The molecule has 124 valence electrons. The minimum Gasteiger partial charge on any atom is -0.493 e. The van der Waals surface area contributed by atoms with E-state index < -0.39 is 5.72 Å². The minimum atomic E-state index is -0.761. The number of nitrogens with zero attached hydrogens (tertiary/aromatic N) is 1. The van der Waals surface area contributed by atoms with Crippen molar-refractivity contribution in [3.63, 3.8) is 0 Å². The van der Waals surface area contributed by atoms with Gasteiger partial charge in [0.1, 0.15) is 0 Å². The minimum absolute atomic E-state index is 0.0811. The van der Waals surface area contributed by atoms with Crippen LogP contribution in [-0.2, 0) is 0 Å². The summed E-state index contributed by atoms with van der Waals surface area (Å²) in [6.45, 7) is 3.97. The fourth-order valence-electron chi connectivity index (χ4n) is 3.68. The quantitative estimate of drug-likeness (QED) is 0.915. The first-order valence-electron chi connectivity index (χ1n) is 8.05. The number of nitrogens with one attached hydrogen (secondary N) is 1. The second kappa shape index (κ2) is 5.16. The molecule has 2 amide bonds. The molecule has 2 atom stereocenters. The smallest absolute Gasteiger partial charge is 0.325 e. The molecule has 2 aromatic carbocycles. The number of ether oxygens (including phenoxy) is 2. The monoisotopic (exact) mass is 324 g/mol. The molecule has 1 saturated heterocycles. The first kappa shape index (κ1) is 14.9. The maximum Gasteiger partial charge on any atom is 0.325 e. The highest BCUT2D eigenvalue weighted by molar-refractivity contribution is 5.95. The van der Waals surface area contributed by atoms with Crippen LogP contribution in [0.2, 0.25) is 0 Å². The van der Waals surface area contributed by atoms with Gasteiger partial charge in [-0.25, -0.2) is 4.79 Å². The van der Waals surface area contributed by atoms with Crippen molar-refractivity contribution in [3.05, 3.63) is 53.6 Å². The molecule has 0 aromatic heterocycles. The normalized spacial score (nSPS) is 24.7. The topological polar surface area (TPSA) is 50.8 Å². The summed E-state index contributed by atoms with van der Waals surface area (Å²) in [5, 5.41) is 3.10. The number of carbonyl (C=O) groups excluding carboxylic acids is 1. The number of methoxy groups -OCH3 is 1. The van der Waals surface area contributed by atoms with Crippen molar-refractivity contribution >= 4 is 11.7 Å². The Morgan fingerprint density at radius 2 is 2.08 bits per heavy atom. The Labute approximate surface area is 141 Å². The van der Waals surface area contributed by atoms with Gasteiger partial charge in [0.05, 0.1) is 13.2 Å². The number of anilines is 1. The molecule has 0 unspecified atom stereocenters. The van der Waals surface area contributed by atoms with E-state index in [2.05, 4.69) is 5.32 Å². The Bertz CT molecular complexity index is 820. The molecule has 0 radical (unpaired) electrons. The van der Waals surface area contributed by atoms with Crippen LogP contribution in [0.5, 0.6) is 11.5 Å². The maximum atomic E-state index is 12.8. The molecular formula is C19H20N2O3. The molecule has 0 aliphatic carbocycles. The van der Waals surface area contributed by atoms with Crippen molar-refractivity contribution < 1.29 is 14.3 Å². The number of rotatable bonds is 2. The second-order valence-corrected chi connectivity index (χ2v) is 6.54. The lowest BCUT2D eigenvalue weighted by atomic mass is 9.90. The molecule has 5 nitrogen and oxygen atoms in total. The van der Waals surface area contributed by atoms with E-state index in [9.17, 15) is 4.79 Å². The molecule has 24 heavy (non-hydrogen) atoms. The van der Waals surface area contributed by atoms with Crippen molar-refractivity contribution in [2.75, 3.05) is 12.0 Å². The third-order valence-corrected chi connectivity index (χ3v) is 4.74. The predicted octanol–water partition coefficient (Wildman–Crippen LogP) is 3.77. The largest absolute Gasteiger partial charge is 0.493 e. The van der Waals surface area contributed by atoms with Crippen LogP contribution in [0.15, 0.2) is 42.5 Å². The van der Waals surface area contributed by atoms with Gasteiger partial charge in [0.25, 0.3) is 0 Å². The van der Waals surface area contributed by atoms with Crippen LogP contribution < -0.4 is 19.7 Å². The lowest BCUT2D eigenvalue weighted by Gasteiger charge is -2.50. The Hall–Kier alpha value is -2.69. The van der Waals surface area contributed by atoms with E-state index in [1.165, 1.54) is 0 Å². The average molecular weight is 324 g/mol. The number of amides is 2. The van der Waals surface area contributed by atoms with E-state index in [0.717, 1.165) is 16.8 Å².